The van der Waals surface area contributed by atoms with Crippen molar-refractivity contribution in [2.75, 3.05) is 5.32 Å². The first kappa shape index (κ1) is 17.8. The van der Waals surface area contributed by atoms with Gasteiger partial charge in [0.1, 0.15) is 5.82 Å². The first-order valence-corrected chi connectivity index (χ1v) is 9.91. The van der Waals surface area contributed by atoms with E-state index < -0.39 is 0 Å². The average Bonchev–Trinajstić information content (AvgIpc) is 3.13. The number of nitrogens with one attached hydrogen (secondary N) is 3. The van der Waals surface area contributed by atoms with Crippen LogP contribution in [-0.2, 0) is 4.79 Å². The third-order valence-electron chi connectivity index (χ3n) is 5.76. The Morgan fingerprint density at radius 1 is 1.04 bits per heavy atom. The average molecular weight is 366 g/mol. The normalized spacial score (nSPS) is 22.7. The summed E-state index contributed by atoms with van der Waals surface area (Å²) in [5.74, 6) is 1.21. The van der Waals surface area contributed by atoms with Crippen molar-refractivity contribution in [3.8, 4) is 0 Å². The summed E-state index contributed by atoms with van der Waals surface area (Å²) in [6, 6.07) is 11.4. The lowest BCUT2D eigenvalue weighted by molar-refractivity contribution is -0.120. The van der Waals surface area contributed by atoms with Crippen LogP contribution in [-0.4, -0.2) is 28.1 Å². The van der Waals surface area contributed by atoms with Crippen LogP contribution in [0.5, 0.6) is 0 Å². The van der Waals surface area contributed by atoms with Crippen LogP contribution < -0.4 is 10.6 Å². The van der Waals surface area contributed by atoms with E-state index in [2.05, 4.69) is 20.8 Å². The fourth-order valence-electron chi connectivity index (χ4n) is 4.05. The lowest BCUT2D eigenvalue weighted by Crippen LogP contribution is -2.43. The van der Waals surface area contributed by atoms with Crippen molar-refractivity contribution in [2.24, 2.45) is 5.92 Å². The summed E-state index contributed by atoms with van der Waals surface area (Å²) in [4.78, 5) is 24.5. The monoisotopic (exact) mass is 366 g/mol. The van der Waals surface area contributed by atoms with Gasteiger partial charge in [0.25, 0.3) is 5.91 Å². The number of aromatic amines is 1. The molecule has 1 aromatic carbocycles. The van der Waals surface area contributed by atoms with Gasteiger partial charge < -0.3 is 10.6 Å². The largest absolute Gasteiger partial charge is 0.349 e. The molecule has 0 unspecified atom stereocenters. The fourth-order valence-corrected chi connectivity index (χ4v) is 4.05. The number of nitrogens with zero attached hydrogens (tertiary/aromatic N) is 1. The Bertz CT molecular complexity index is 790. The fraction of sp³-hybridized carbons (Fsp3) is 0.476. The second-order valence-electron chi connectivity index (χ2n) is 7.74. The van der Waals surface area contributed by atoms with E-state index in [1.807, 2.05) is 36.4 Å². The van der Waals surface area contributed by atoms with Crippen molar-refractivity contribution in [3.63, 3.8) is 0 Å². The van der Waals surface area contributed by atoms with Gasteiger partial charge >= 0.3 is 0 Å². The molecule has 0 spiro atoms. The highest BCUT2D eigenvalue weighted by molar-refractivity contribution is 5.94. The SMILES string of the molecule is O=C(N[C@H]1C[C@@H](c2cc(NC(=O)C3CCCCC3)[nH]n2)C1)c1ccccc1. The van der Waals surface area contributed by atoms with Gasteiger partial charge in [-0.3, -0.25) is 14.7 Å². The summed E-state index contributed by atoms with van der Waals surface area (Å²) >= 11 is 0. The Morgan fingerprint density at radius 2 is 1.78 bits per heavy atom. The summed E-state index contributed by atoms with van der Waals surface area (Å²) in [5.41, 5.74) is 1.65. The third kappa shape index (κ3) is 4.21. The van der Waals surface area contributed by atoms with Crippen molar-refractivity contribution in [1.82, 2.24) is 15.5 Å². The van der Waals surface area contributed by atoms with Gasteiger partial charge in [-0.05, 0) is 37.8 Å². The van der Waals surface area contributed by atoms with Crippen LogP contribution in [0.4, 0.5) is 5.82 Å². The Hall–Kier alpha value is -2.63. The molecule has 2 saturated carbocycles. The van der Waals surface area contributed by atoms with E-state index in [9.17, 15) is 9.59 Å². The highest BCUT2D eigenvalue weighted by Crippen LogP contribution is 2.37. The Balaban J connectivity index is 1.25. The molecule has 3 N–H and O–H groups in total. The zero-order valence-electron chi connectivity index (χ0n) is 15.4. The highest BCUT2D eigenvalue weighted by atomic mass is 16.2. The number of rotatable bonds is 5. The van der Waals surface area contributed by atoms with Gasteiger partial charge in [-0.25, -0.2) is 0 Å². The molecule has 0 saturated heterocycles. The summed E-state index contributed by atoms with van der Waals surface area (Å²) in [6.45, 7) is 0. The van der Waals surface area contributed by atoms with E-state index in [4.69, 9.17) is 0 Å². The molecule has 27 heavy (non-hydrogen) atoms. The number of carbonyl (C=O) groups excluding carboxylic acids is 2. The molecule has 0 atom stereocenters. The quantitative estimate of drug-likeness (QED) is 0.755. The maximum absolute atomic E-state index is 12.3. The molecule has 6 nitrogen and oxygen atoms in total. The predicted molar refractivity (Wildman–Crippen MR) is 103 cm³/mol. The van der Waals surface area contributed by atoms with Crippen LogP contribution in [0, 0.1) is 5.92 Å². The molecule has 142 valence electrons. The van der Waals surface area contributed by atoms with Crippen LogP contribution in [0.2, 0.25) is 0 Å². The van der Waals surface area contributed by atoms with Crippen LogP contribution >= 0.6 is 0 Å². The number of amides is 2. The molecule has 1 aromatic heterocycles. The molecule has 2 aliphatic rings. The molecule has 0 aliphatic heterocycles. The number of benzene rings is 1. The molecule has 2 aromatic rings. The van der Waals surface area contributed by atoms with Crippen LogP contribution in [0.15, 0.2) is 36.4 Å². The minimum Gasteiger partial charge on any atom is -0.349 e. The molecule has 1 heterocycles. The molecule has 0 radical (unpaired) electrons. The van der Waals surface area contributed by atoms with E-state index in [0.717, 1.165) is 44.2 Å². The Labute approximate surface area is 159 Å². The second-order valence-corrected chi connectivity index (χ2v) is 7.74. The Kier molecular flexibility index (Phi) is 5.23. The number of anilines is 1. The molecule has 2 aliphatic carbocycles. The van der Waals surface area contributed by atoms with Gasteiger partial charge in [-0.15, -0.1) is 0 Å². The van der Waals surface area contributed by atoms with Crippen molar-refractivity contribution in [1.29, 1.82) is 0 Å². The number of hydrogen-bond donors (Lipinski definition) is 3. The van der Waals surface area contributed by atoms with Crippen LogP contribution in [0.3, 0.4) is 0 Å². The zero-order valence-corrected chi connectivity index (χ0v) is 15.4. The summed E-state index contributed by atoms with van der Waals surface area (Å²) in [6.07, 6.45) is 7.24. The van der Waals surface area contributed by atoms with Gasteiger partial charge in [-0.1, -0.05) is 37.5 Å². The van der Waals surface area contributed by atoms with Crippen LogP contribution in [0.25, 0.3) is 0 Å². The van der Waals surface area contributed by atoms with Gasteiger partial charge in [0.2, 0.25) is 5.91 Å². The number of aromatic nitrogens is 2. The van der Waals surface area contributed by atoms with Gasteiger partial charge in [0, 0.05) is 29.5 Å². The molecule has 6 heteroatoms. The van der Waals surface area contributed by atoms with Gasteiger partial charge in [0.15, 0.2) is 0 Å². The van der Waals surface area contributed by atoms with Crippen LogP contribution in [0.1, 0.15) is 66.9 Å². The molecule has 0 bridgehead atoms. The molecular formula is C21H26N4O2. The van der Waals surface area contributed by atoms with Crippen molar-refractivity contribution < 1.29 is 9.59 Å². The van der Waals surface area contributed by atoms with Crippen molar-refractivity contribution >= 4 is 17.6 Å². The highest BCUT2D eigenvalue weighted by Gasteiger charge is 2.33. The molecule has 2 amide bonds. The predicted octanol–water partition coefficient (Wildman–Crippen LogP) is 3.60. The van der Waals surface area contributed by atoms with E-state index in [-0.39, 0.29) is 23.8 Å². The molecular weight excluding hydrogens is 340 g/mol. The number of carbonyl (C=O) groups is 2. The van der Waals surface area contributed by atoms with Crippen molar-refractivity contribution in [2.45, 2.75) is 56.9 Å². The van der Waals surface area contributed by atoms with Gasteiger partial charge in [-0.2, -0.15) is 5.10 Å². The topological polar surface area (TPSA) is 86.9 Å². The minimum atomic E-state index is -0.0264. The van der Waals surface area contributed by atoms with Crippen molar-refractivity contribution in [3.05, 3.63) is 47.7 Å². The minimum absolute atomic E-state index is 0.0264. The standard InChI is InChI=1S/C21H26N4O2/c26-20(14-7-3-1-4-8-14)22-17-11-16(12-17)18-13-19(25-24-18)23-21(27)15-9-5-2-6-10-15/h1,3-4,7-8,13,15-17H,2,5-6,9-12H2,(H,22,26)(H2,23,24,25,27)/t16-,17+. The first-order chi connectivity index (χ1) is 13.2. The number of H-pyrrole nitrogens is 1. The number of hydrogen-bond acceptors (Lipinski definition) is 3. The maximum Gasteiger partial charge on any atom is 0.251 e. The third-order valence-corrected chi connectivity index (χ3v) is 5.76. The van der Waals surface area contributed by atoms with E-state index in [1.54, 1.807) is 0 Å². The van der Waals surface area contributed by atoms with E-state index in [0.29, 0.717) is 17.3 Å². The lowest BCUT2D eigenvalue weighted by Gasteiger charge is -2.34. The van der Waals surface area contributed by atoms with Gasteiger partial charge in [0.05, 0.1) is 5.69 Å². The smallest absolute Gasteiger partial charge is 0.251 e. The summed E-state index contributed by atoms with van der Waals surface area (Å²) < 4.78 is 0. The molecule has 4 rings (SSSR count). The summed E-state index contributed by atoms with van der Waals surface area (Å²) in [5, 5.41) is 13.3. The lowest BCUT2D eigenvalue weighted by atomic mass is 9.78. The summed E-state index contributed by atoms with van der Waals surface area (Å²) in [7, 11) is 0. The Morgan fingerprint density at radius 3 is 2.52 bits per heavy atom. The second kappa shape index (κ2) is 7.94. The molecule has 2 fully saturated rings. The van der Waals surface area contributed by atoms with E-state index >= 15 is 0 Å². The van der Waals surface area contributed by atoms with E-state index in [1.165, 1.54) is 6.42 Å². The maximum atomic E-state index is 12.3. The zero-order chi connectivity index (χ0) is 18.6. The first-order valence-electron chi connectivity index (χ1n) is 9.91.